The molecular formula is C9H6ClN5O3. The van der Waals surface area contributed by atoms with Crippen LogP contribution in [0.2, 0.25) is 5.02 Å². The second-order valence-electron chi connectivity index (χ2n) is 3.18. The zero-order valence-electron chi connectivity index (χ0n) is 8.75. The molecule has 2 rings (SSSR count). The van der Waals surface area contributed by atoms with Gasteiger partial charge in [0.05, 0.1) is 4.92 Å². The van der Waals surface area contributed by atoms with Crippen LogP contribution in [-0.2, 0) is 0 Å². The molecule has 9 heteroatoms. The molecule has 1 aromatic heterocycles. The highest BCUT2D eigenvalue weighted by atomic mass is 35.5. The van der Waals surface area contributed by atoms with Gasteiger partial charge < -0.3 is 0 Å². The van der Waals surface area contributed by atoms with Crippen LogP contribution in [0.5, 0.6) is 0 Å². The molecule has 1 heterocycles. The maximum Gasteiger partial charge on any atom is 0.300 e. The van der Waals surface area contributed by atoms with Gasteiger partial charge in [0.1, 0.15) is 16.9 Å². The Morgan fingerprint density at radius 1 is 1.50 bits per heavy atom. The molecular weight excluding hydrogens is 262 g/mol. The molecule has 0 saturated heterocycles. The first-order valence-electron chi connectivity index (χ1n) is 4.69. The molecule has 0 bridgehead atoms. The first-order chi connectivity index (χ1) is 8.59. The number of nitro benzene ring substituents is 1. The fourth-order valence-corrected chi connectivity index (χ4v) is 1.57. The highest BCUT2D eigenvalue weighted by Gasteiger charge is 2.23. The molecule has 0 radical (unpaired) electrons. The van der Waals surface area contributed by atoms with Crippen molar-refractivity contribution < 1.29 is 9.72 Å². The number of carbonyl (C=O) groups is 1. The van der Waals surface area contributed by atoms with Gasteiger partial charge in [0.15, 0.2) is 0 Å². The van der Waals surface area contributed by atoms with Crippen LogP contribution in [0.25, 0.3) is 0 Å². The minimum atomic E-state index is -0.711. The van der Waals surface area contributed by atoms with Gasteiger partial charge >= 0.3 is 5.69 Å². The third-order valence-electron chi connectivity index (χ3n) is 2.06. The van der Waals surface area contributed by atoms with Crippen LogP contribution in [0.3, 0.4) is 0 Å². The van der Waals surface area contributed by atoms with Crippen molar-refractivity contribution in [2.75, 3.05) is 5.32 Å². The third-order valence-corrected chi connectivity index (χ3v) is 2.37. The molecule has 0 aliphatic carbocycles. The third kappa shape index (κ3) is 2.28. The van der Waals surface area contributed by atoms with Gasteiger partial charge in [-0.15, -0.1) is 0 Å². The average molecular weight is 268 g/mol. The highest BCUT2D eigenvalue weighted by Crippen LogP contribution is 2.28. The largest absolute Gasteiger partial charge is 0.300 e. The minimum Gasteiger partial charge on any atom is -0.291 e. The molecule has 0 aliphatic rings. The number of aromatic amines is 1. The number of rotatable bonds is 3. The number of aromatic nitrogens is 3. The zero-order chi connectivity index (χ0) is 13.1. The van der Waals surface area contributed by atoms with E-state index < -0.39 is 16.5 Å². The van der Waals surface area contributed by atoms with Crippen molar-refractivity contribution in [3.8, 4) is 0 Å². The van der Waals surface area contributed by atoms with Crippen LogP contribution in [0.1, 0.15) is 10.4 Å². The van der Waals surface area contributed by atoms with Crippen LogP contribution in [0.4, 0.5) is 11.6 Å². The Kier molecular flexibility index (Phi) is 3.20. The fourth-order valence-electron chi connectivity index (χ4n) is 1.32. The summed E-state index contributed by atoms with van der Waals surface area (Å²) in [5, 5.41) is 19.0. The van der Waals surface area contributed by atoms with E-state index in [0.29, 0.717) is 0 Å². The Balaban J connectivity index is 2.36. The molecule has 0 atom stereocenters. The first kappa shape index (κ1) is 12.0. The molecule has 92 valence electrons. The van der Waals surface area contributed by atoms with Crippen LogP contribution in [0, 0.1) is 10.1 Å². The first-order valence-corrected chi connectivity index (χ1v) is 5.07. The summed E-state index contributed by atoms with van der Waals surface area (Å²) < 4.78 is 0. The molecule has 0 spiro atoms. The van der Waals surface area contributed by atoms with Gasteiger partial charge in [-0.1, -0.05) is 17.7 Å². The van der Waals surface area contributed by atoms with Gasteiger partial charge in [0, 0.05) is 0 Å². The van der Waals surface area contributed by atoms with E-state index in [9.17, 15) is 14.9 Å². The quantitative estimate of drug-likeness (QED) is 0.648. The Hall–Kier alpha value is -2.48. The molecule has 8 nitrogen and oxygen atoms in total. The number of anilines is 1. The molecule has 18 heavy (non-hydrogen) atoms. The van der Waals surface area contributed by atoms with Crippen LogP contribution in [-0.4, -0.2) is 26.0 Å². The van der Waals surface area contributed by atoms with Crippen LogP contribution < -0.4 is 5.32 Å². The van der Waals surface area contributed by atoms with Gasteiger partial charge in [-0.3, -0.25) is 20.2 Å². The molecule has 0 fully saturated rings. The summed E-state index contributed by atoms with van der Waals surface area (Å²) in [6.07, 6.45) is 1.20. The van der Waals surface area contributed by atoms with Crippen molar-refractivity contribution in [3.05, 3.63) is 45.2 Å². The van der Waals surface area contributed by atoms with Gasteiger partial charge in [0.2, 0.25) is 5.95 Å². The smallest absolute Gasteiger partial charge is 0.291 e. The van der Waals surface area contributed by atoms with Crippen LogP contribution in [0.15, 0.2) is 24.5 Å². The van der Waals surface area contributed by atoms with Crippen LogP contribution >= 0.6 is 11.6 Å². The SMILES string of the molecule is O=C(Nc1ncn[nH]1)c1cccc(Cl)c1[N+](=O)[O-]. The maximum atomic E-state index is 11.8. The summed E-state index contributed by atoms with van der Waals surface area (Å²) in [6, 6.07) is 4.09. The summed E-state index contributed by atoms with van der Waals surface area (Å²) in [7, 11) is 0. The second kappa shape index (κ2) is 4.80. The van der Waals surface area contributed by atoms with E-state index in [1.54, 1.807) is 0 Å². The Bertz CT molecular complexity index is 598. The monoisotopic (exact) mass is 267 g/mol. The summed E-state index contributed by atoms with van der Waals surface area (Å²) in [4.78, 5) is 25.6. The van der Waals surface area contributed by atoms with Gasteiger partial charge in [-0.25, -0.2) is 5.10 Å². The lowest BCUT2D eigenvalue weighted by molar-refractivity contribution is -0.385. The number of nitrogens with one attached hydrogen (secondary N) is 2. The van der Waals surface area contributed by atoms with E-state index >= 15 is 0 Å². The number of hydrogen-bond acceptors (Lipinski definition) is 5. The predicted molar refractivity (Wildman–Crippen MR) is 62.4 cm³/mol. The Morgan fingerprint density at radius 2 is 2.28 bits per heavy atom. The van der Waals surface area contributed by atoms with Crippen molar-refractivity contribution in [2.45, 2.75) is 0 Å². The van der Waals surface area contributed by atoms with Crippen molar-refractivity contribution in [1.29, 1.82) is 0 Å². The number of H-pyrrole nitrogens is 1. The van der Waals surface area contributed by atoms with Crippen molar-refractivity contribution >= 4 is 29.1 Å². The zero-order valence-corrected chi connectivity index (χ0v) is 9.51. The number of benzene rings is 1. The highest BCUT2D eigenvalue weighted by molar-refractivity contribution is 6.33. The molecule has 0 aliphatic heterocycles. The topological polar surface area (TPSA) is 114 Å². The van der Waals surface area contributed by atoms with Gasteiger partial charge in [-0.2, -0.15) is 10.1 Å². The lowest BCUT2D eigenvalue weighted by Crippen LogP contribution is -2.15. The average Bonchev–Trinajstić information content (AvgIpc) is 2.80. The number of nitrogens with zero attached hydrogens (tertiary/aromatic N) is 3. The summed E-state index contributed by atoms with van der Waals surface area (Å²) in [5.41, 5.74) is -0.597. The standard InChI is InChI=1S/C9H6ClN5O3/c10-6-3-1-2-5(7(6)15(17)18)8(16)13-9-11-4-12-14-9/h1-4H,(H2,11,12,13,14,16). The number of hydrogen-bond donors (Lipinski definition) is 2. The Morgan fingerprint density at radius 3 is 2.89 bits per heavy atom. The van der Waals surface area contributed by atoms with Crippen molar-refractivity contribution in [3.63, 3.8) is 0 Å². The van der Waals surface area contributed by atoms with Crippen molar-refractivity contribution in [2.24, 2.45) is 0 Å². The van der Waals surface area contributed by atoms with E-state index in [0.717, 1.165) is 0 Å². The van der Waals surface area contributed by atoms with E-state index in [2.05, 4.69) is 20.5 Å². The van der Waals surface area contributed by atoms with E-state index in [4.69, 9.17) is 11.6 Å². The molecule has 0 unspecified atom stereocenters. The predicted octanol–water partition coefficient (Wildman–Crippen LogP) is 1.62. The number of nitro groups is 1. The van der Waals surface area contributed by atoms with Gasteiger partial charge in [-0.05, 0) is 12.1 Å². The van der Waals surface area contributed by atoms with E-state index in [1.807, 2.05) is 0 Å². The summed E-state index contributed by atoms with van der Waals surface area (Å²) in [6.45, 7) is 0. The molecule has 1 aromatic carbocycles. The Labute approximate surface area is 105 Å². The number of carbonyl (C=O) groups excluding carboxylic acids is 1. The number of halogens is 1. The molecule has 2 N–H and O–H groups in total. The molecule has 1 amide bonds. The van der Waals surface area contributed by atoms with E-state index in [1.165, 1.54) is 24.5 Å². The number of para-hydroxylation sites is 1. The maximum absolute atomic E-state index is 11.8. The fraction of sp³-hybridized carbons (Fsp3) is 0. The summed E-state index contributed by atoms with van der Waals surface area (Å²) >= 11 is 5.69. The minimum absolute atomic E-state index is 0.0919. The molecule has 0 saturated carbocycles. The second-order valence-corrected chi connectivity index (χ2v) is 3.59. The van der Waals surface area contributed by atoms with E-state index in [-0.39, 0.29) is 16.5 Å². The normalized spacial score (nSPS) is 10.1. The van der Waals surface area contributed by atoms with Gasteiger partial charge in [0.25, 0.3) is 5.91 Å². The van der Waals surface area contributed by atoms with Crippen molar-refractivity contribution in [1.82, 2.24) is 15.2 Å². The summed E-state index contributed by atoms with van der Waals surface area (Å²) in [5.74, 6) is -0.602. The lowest BCUT2D eigenvalue weighted by Gasteiger charge is -2.03. The molecule has 2 aromatic rings. The lowest BCUT2D eigenvalue weighted by atomic mass is 10.1. The number of amides is 1.